The van der Waals surface area contributed by atoms with Crippen LogP contribution in [0.2, 0.25) is 0 Å². The van der Waals surface area contributed by atoms with Gasteiger partial charge in [-0.25, -0.2) is 4.68 Å². The summed E-state index contributed by atoms with van der Waals surface area (Å²) in [6.07, 6.45) is 1.54. The highest BCUT2D eigenvalue weighted by Crippen LogP contribution is 2.13. The van der Waals surface area contributed by atoms with Crippen LogP contribution in [0.15, 0.2) is 30.6 Å². The monoisotopic (exact) mass is 218 g/mol. The fourth-order valence-corrected chi connectivity index (χ4v) is 1.48. The molecule has 1 aromatic heterocycles. The SMILES string of the molecule is CNc1ncnn1Cc1ccc(OC)cc1. The number of aromatic nitrogens is 3. The van der Waals surface area contributed by atoms with E-state index in [2.05, 4.69) is 15.4 Å². The molecule has 2 aromatic rings. The number of benzene rings is 1. The highest BCUT2D eigenvalue weighted by molar-refractivity contribution is 5.29. The van der Waals surface area contributed by atoms with E-state index < -0.39 is 0 Å². The number of hydrogen-bond acceptors (Lipinski definition) is 4. The summed E-state index contributed by atoms with van der Waals surface area (Å²) in [6, 6.07) is 7.90. The summed E-state index contributed by atoms with van der Waals surface area (Å²) in [5, 5.41) is 7.12. The molecule has 0 bridgehead atoms. The molecule has 0 fully saturated rings. The van der Waals surface area contributed by atoms with Gasteiger partial charge in [-0.05, 0) is 17.7 Å². The molecular weight excluding hydrogens is 204 g/mol. The predicted molar refractivity (Wildman–Crippen MR) is 61.7 cm³/mol. The third kappa shape index (κ3) is 2.13. The van der Waals surface area contributed by atoms with Crippen LogP contribution < -0.4 is 10.1 Å². The zero-order valence-electron chi connectivity index (χ0n) is 9.34. The van der Waals surface area contributed by atoms with E-state index in [1.165, 1.54) is 6.33 Å². The molecule has 84 valence electrons. The average molecular weight is 218 g/mol. The van der Waals surface area contributed by atoms with Gasteiger partial charge in [-0.3, -0.25) is 0 Å². The van der Waals surface area contributed by atoms with E-state index in [1.54, 1.807) is 7.11 Å². The van der Waals surface area contributed by atoms with Gasteiger partial charge in [0.15, 0.2) is 0 Å². The first-order valence-corrected chi connectivity index (χ1v) is 5.02. The van der Waals surface area contributed by atoms with Crippen LogP contribution >= 0.6 is 0 Å². The maximum atomic E-state index is 5.10. The Hall–Kier alpha value is -2.04. The third-order valence-electron chi connectivity index (χ3n) is 2.33. The first-order valence-electron chi connectivity index (χ1n) is 5.02. The van der Waals surface area contributed by atoms with Crippen LogP contribution in [0, 0.1) is 0 Å². The van der Waals surface area contributed by atoms with E-state index in [1.807, 2.05) is 36.0 Å². The molecule has 0 spiro atoms. The molecule has 16 heavy (non-hydrogen) atoms. The first kappa shape index (κ1) is 10.5. The van der Waals surface area contributed by atoms with Crippen molar-refractivity contribution in [2.45, 2.75) is 6.54 Å². The van der Waals surface area contributed by atoms with Crippen molar-refractivity contribution in [1.82, 2.24) is 14.8 Å². The van der Waals surface area contributed by atoms with Gasteiger partial charge in [0.2, 0.25) is 5.95 Å². The van der Waals surface area contributed by atoms with E-state index in [0.29, 0.717) is 6.54 Å². The summed E-state index contributed by atoms with van der Waals surface area (Å²) in [6.45, 7) is 0.695. The van der Waals surface area contributed by atoms with E-state index in [0.717, 1.165) is 17.3 Å². The second-order valence-electron chi connectivity index (χ2n) is 3.34. The molecule has 5 nitrogen and oxygen atoms in total. The zero-order valence-corrected chi connectivity index (χ0v) is 9.34. The highest BCUT2D eigenvalue weighted by atomic mass is 16.5. The average Bonchev–Trinajstić information content (AvgIpc) is 2.77. The van der Waals surface area contributed by atoms with Crippen LogP contribution in [-0.2, 0) is 6.54 Å². The van der Waals surface area contributed by atoms with E-state index >= 15 is 0 Å². The van der Waals surface area contributed by atoms with Crippen molar-refractivity contribution in [3.8, 4) is 5.75 Å². The van der Waals surface area contributed by atoms with Crippen molar-refractivity contribution in [2.24, 2.45) is 0 Å². The van der Waals surface area contributed by atoms with Gasteiger partial charge in [0.25, 0.3) is 0 Å². The summed E-state index contributed by atoms with van der Waals surface area (Å²) >= 11 is 0. The minimum Gasteiger partial charge on any atom is -0.497 e. The zero-order chi connectivity index (χ0) is 11.4. The maximum absolute atomic E-state index is 5.10. The molecule has 2 rings (SSSR count). The smallest absolute Gasteiger partial charge is 0.221 e. The lowest BCUT2D eigenvalue weighted by atomic mass is 10.2. The molecule has 0 amide bonds. The van der Waals surface area contributed by atoms with Crippen molar-refractivity contribution in [3.63, 3.8) is 0 Å². The number of anilines is 1. The molecule has 0 unspecified atom stereocenters. The van der Waals surface area contributed by atoms with Gasteiger partial charge in [-0.15, -0.1) is 0 Å². The Morgan fingerprint density at radius 1 is 1.31 bits per heavy atom. The molecule has 0 aliphatic carbocycles. The molecule has 5 heteroatoms. The normalized spacial score (nSPS) is 10.1. The second-order valence-corrected chi connectivity index (χ2v) is 3.34. The van der Waals surface area contributed by atoms with Crippen molar-refractivity contribution in [1.29, 1.82) is 0 Å². The number of ether oxygens (including phenoxy) is 1. The summed E-state index contributed by atoms with van der Waals surface area (Å²) in [5.41, 5.74) is 1.16. The topological polar surface area (TPSA) is 52.0 Å². The number of nitrogens with one attached hydrogen (secondary N) is 1. The molecule has 0 aliphatic rings. The Morgan fingerprint density at radius 3 is 2.69 bits per heavy atom. The fraction of sp³-hybridized carbons (Fsp3) is 0.273. The van der Waals surface area contributed by atoms with Crippen molar-refractivity contribution in [3.05, 3.63) is 36.2 Å². The van der Waals surface area contributed by atoms with Crippen LogP contribution in [0.4, 0.5) is 5.95 Å². The lowest BCUT2D eigenvalue weighted by Crippen LogP contribution is -2.06. The van der Waals surface area contributed by atoms with Gasteiger partial charge in [0, 0.05) is 7.05 Å². The molecule has 0 aliphatic heterocycles. The van der Waals surface area contributed by atoms with Crippen LogP contribution in [0.5, 0.6) is 5.75 Å². The van der Waals surface area contributed by atoms with Crippen LogP contribution in [0.3, 0.4) is 0 Å². The van der Waals surface area contributed by atoms with Gasteiger partial charge in [0.05, 0.1) is 13.7 Å². The summed E-state index contributed by atoms with van der Waals surface area (Å²) in [4.78, 5) is 4.08. The van der Waals surface area contributed by atoms with Crippen LogP contribution in [0.1, 0.15) is 5.56 Å². The summed E-state index contributed by atoms with van der Waals surface area (Å²) in [5.74, 6) is 1.62. The van der Waals surface area contributed by atoms with E-state index in [9.17, 15) is 0 Å². The fourth-order valence-electron chi connectivity index (χ4n) is 1.48. The minimum atomic E-state index is 0.695. The molecule has 0 saturated carbocycles. The Bertz CT molecular complexity index is 449. The van der Waals surface area contributed by atoms with Crippen molar-refractivity contribution < 1.29 is 4.74 Å². The van der Waals surface area contributed by atoms with Gasteiger partial charge in [-0.1, -0.05) is 12.1 Å². The largest absolute Gasteiger partial charge is 0.497 e. The molecule has 0 saturated heterocycles. The van der Waals surface area contributed by atoms with Gasteiger partial charge in [0.1, 0.15) is 12.1 Å². The second kappa shape index (κ2) is 4.65. The van der Waals surface area contributed by atoms with E-state index in [-0.39, 0.29) is 0 Å². The van der Waals surface area contributed by atoms with Gasteiger partial charge in [-0.2, -0.15) is 10.1 Å². The predicted octanol–water partition coefficient (Wildman–Crippen LogP) is 1.38. The van der Waals surface area contributed by atoms with E-state index in [4.69, 9.17) is 4.74 Å². The number of rotatable bonds is 4. The maximum Gasteiger partial charge on any atom is 0.221 e. The number of nitrogens with zero attached hydrogens (tertiary/aromatic N) is 3. The van der Waals surface area contributed by atoms with Crippen LogP contribution in [0.25, 0.3) is 0 Å². The summed E-state index contributed by atoms with van der Waals surface area (Å²) in [7, 11) is 3.49. The van der Waals surface area contributed by atoms with Gasteiger partial charge >= 0.3 is 0 Å². The van der Waals surface area contributed by atoms with Crippen molar-refractivity contribution in [2.75, 3.05) is 19.5 Å². The molecule has 0 atom stereocenters. The molecule has 0 radical (unpaired) electrons. The minimum absolute atomic E-state index is 0.695. The third-order valence-corrected chi connectivity index (χ3v) is 2.33. The standard InChI is InChI=1S/C11H14N4O/c1-12-11-13-8-14-15(11)7-9-3-5-10(16-2)6-4-9/h3-6,8H,7H2,1-2H3,(H,12,13,14). The summed E-state index contributed by atoms with van der Waals surface area (Å²) < 4.78 is 6.91. The molecular formula is C11H14N4O. The number of hydrogen-bond donors (Lipinski definition) is 1. The molecule has 1 heterocycles. The Kier molecular flexibility index (Phi) is 3.05. The lowest BCUT2D eigenvalue weighted by molar-refractivity contribution is 0.414. The molecule has 1 N–H and O–H groups in total. The lowest BCUT2D eigenvalue weighted by Gasteiger charge is -2.06. The van der Waals surface area contributed by atoms with Gasteiger partial charge < -0.3 is 10.1 Å². The quantitative estimate of drug-likeness (QED) is 0.842. The first-order chi connectivity index (χ1) is 7.83. The Labute approximate surface area is 94.1 Å². The highest BCUT2D eigenvalue weighted by Gasteiger charge is 2.02. The Balaban J connectivity index is 2.14. The number of methoxy groups -OCH3 is 1. The van der Waals surface area contributed by atoms with Crippen molar-refractivity contribution >= 4 is 5.95 Å². The molecule has 1 aromatic carbocycles. The Morgan fingerprint density at radius 2 is 2.06 bits per heavy atom. The van der Waals surface area contributed by atoms with Crippen LogP contribution in [-0.4, -0.2) is 28.9 Å².